The van der Waals surface area contributed by atoms with Gasteiger partial charge < -0.3 is 15.9 Å². The first kappa shape index (κ1) is 20.5. The number of nitrogens with one attached hydrogen (secondary N) is 1. The minimum absolute atomic E-state index is 0.143. The second-order valence-electron chi connectivity index (χ2n) is 6.29. The van der Waals surface area contributed by atoms with Crippen LogP contribution in [0, 0.1) is 0 Å². The number of carbonyl (C=O) groups is 1. The van der Waals surface area contributed by atoms with Crippen LogP contribution < -0.4 is 15.9 Å². The fourth-order valence-corrected chi connectivity index (χ4v) is 5.10. The van der Waals surface area contributed by atoms with Crippen molar-refractivity contribution < 1.29 is 9.53 Å². The molecule has 1 amide bonds. The number of amides is 1. The number of methoxy groups -OCH3 is 1. The molecule has 30 heavy (non-hydrogen) atoms. The van der Waals surface area contributed by atoms with Crippen molar-refractivity contribution in [3.63, 3.8) is 0 Å². The lowest BCUT2D eigenvalue weighted by Gasteiger charge is -2.09. The van der Waals surface area contributed by atoms with Crippen molar-refractivity contribution in [2.75, 3.05) is 18.7 Å². The molecule has 7 nitrogen and oxygen atoms in total. The van der Waals surface area contributed by atoms with Gasteiger partial charge in [-0.05, 0) is 12.1 Å². The highest BCUT2D eigenvalue weighted by Gasteiger charge is 2.19. The Morgan fingerprint density at radius 1 is 1.23 bits per heavy atom. The van der Waals surface area contributed by atoms with E-state index in [2.05, 4.69) is 15.5 Å². The summed E-state index contributed by atoms with van der Waals surface area (Å²) in [5, 5.41) is 13.2. The standard InChI is InChI=1S/C20H18ClN5O2S2/c1-28-14-8-4-2-6-12(14)10-23-16(27)11-29-20-25-24-19(26(20)22)18-17(21)13-7-3-5-9-15(13)30-18/h2-9H,10-11,22H2,1H3,(H,23,27). The third-order valence-electron chi connectivity index (χ3n) is 4.40. The Morgan fingerprint density at radius 2 is 2.00 bits per heavy atom. The molecule has 4 rings (SSSR count). The molecule has 0 atom stereocenters. The lowest BCUT2D eigenvalue weighted by atomic mass is 10.2. The molecule has 154 valence electrons. The minimum atomic E-state index is -0.143. The second-order valence-corrected chi connectivity index (χ2v) is 8.67. The summed E-state index contributed by atoms with van der Waals surface area (Å²) in [5.74, 6) is 7.40. The zero-order valence-electron chi connectivity index (χ0n) is 16.0. The Balaban J connectivity index is 1.42. The summed E-state index contributed by atoms with van der Waals surface area (Å²) < 4.78 is 7.71. The maximum Gasteiger partial charge on any atom is 0.230 e. The molecule has 0 aliphatic carbocycles. The number of nitrogens with two attached hydrogens (primary N) is 1. The number of aromatic nitrogens is 3. The van der Waals surface area contributed by atoms with Crippen molar-refractivity contribution in [3.05, 3.63) is 59.1 Å². The van der Waals surface area contributed by atoms with E-state index < -0.39 is 0 Å². The third-order valence-corrected chi connectivity index (χ3v) is 7.02. The zero-order chi connectivity index (χ0) is 21.1. The molecule has 0 bridgehead atoms. The fourth-order valence-electron chi connectivity index (χ4n) is 2.91. The Kier molecular flexibility index (Phi) is 6.12. The first-order chi connectivity index (χ1) is 14.6. The summed E-state index contributed by atoms with van der Waals surface area (Å²) >= 11 is 9.23. The third kappa shape index (κ3) is 4.09. The number of thioether (sulfide) groups is 1. The van der Waals surface area contributed by atoms with Gasteiger partial charge in [0, 0.05) is 22.2 Å². The molecule has 2 aromatic heterocycles. The number of hydrogen-bond acceptors (Lipinski definition) is 7. The number of thiophene rings is 1. The van der Waals surface area contributed by atoms with Crippen molar-refractivity contribution in [3.8, 4) is 16.5 Å². The van der Waals surface area contributed by atoms with Crippen LogP contribution in [0.25, 0.3) is 20.8 Å². The summed E-state index contributed by atoms with van der Waals surface area (Å²) in [6.07, 6.45) is 0. The van der Waals surface area contributed by atoms with Gasteiger partial charge >= 0.3 is 0 Å². The first-order valence-corrected chi connectivity index (χ1v) is 11.2. The lowest BCUT2D eigenvalue weighted by molar-refractivity contribution is -0.118. The lowest BCUT2D eigenvalue weighted by Crippen LogP contribution is -2.25. The van der Waals surface area contributed by atoms with E-state index in [9.17, 15) is 4.79 Å². The van der Waals surface area contributed by atoms with Gasteiger partial charge in [-0.2, -0.15) is 0 Å². The van der Waals surface area contributed by atoms with E-state index in [1.54, 1.807) is 7.11 Å². The smallest absolute Gasteiger partial charge is 0.230 e. The van der Waals surface area contributed by atoms with Crippen LogP contribution in [0.3, 0.4) is 0 Å². The van der Waals surface area contributed by atoms with E-state index >= 15 is 0 Å². The van der Waals surface area contributed by atoms with Gasteiger partial charge in [-0.1, -0.05) is 59.8 Å². The highest BCUT2D eigenvalue weighted by atomic mass is 35.5. The number of fused-ring (bicyclic) bond motifs is 1. The van der Waals surface area contributed by atoms with Crippen LogP contribution >= 0.6 is 34.7 Å². The fraction of sp³-hybridized carbons (Fsp3) is 0.150. The number of benzene rings is 2. The Morgan fingerprint density at radius 3 is 2.80 bits per heavy atom. The summed E-state index contributed by atoms with van der Waals surface area (Å²) in [6, 6.07) is 15.4. The van der Waals surface area contributed by atoms with Crippen LogP contribution in [-0.4, -0.2) is 33.6 Å². The minimum Gasteiger partial charge on any atom is -0.496 e. The maximum atomic E-state index is 12.3. The van der Waals surface area contributed by atoms with Gasteiger partial charge in [0.2, 0.25) is 11.1 Å². The molecule has 0 saturated carbocycles. The quantitative estimate of drug-likeness (QED) is 0.321. The number of carbonyl (C=O) groups excluding carboxylic acids is 1. The molecule has 0 spiro atoms. The Hall–Kier alpha value is -2.75. The molecule has 0 radical (unpaired) electrons. The van der Waals surface area contributed by atoms with Crippen molar-refractivity contribution in [2.24, 2.45) is 0 Å². The van der Waals surface area contributed by atoms with Crippen LogP contribution in [0.2, 0.25) is 5.02 Å². The van der Waals surface area contributed by atoms with Crippen LogP contribution in [-0.2, 0) is 11.3 Å². The Bertz CT molecular complexity index is 1210. The van der Waals surface area contributed by atoms with Crippen LogP contribution in [0.5, 0.6) is 5.75 Å². The van der Waals surface area contributed by atoms with E-state index in [0.717, 1.165) is 26.3 Å². The molecule has 0 saturated heterocycles. The van der Waals surface area contributed by atoms with Gasteiger partial charge in [0.05, 0.1) is 22.8 Å². The molecule has 4 aromatic rings. The average molecular weight is 460 g/mol. The zero-order valence-corrected chi connectivity index (χ0v) is 18.4. The van der Waals surface area contributed by atoms with E-state index in [0.29, 0.717) is 22.5 Å². The molecule has 2 aromatic carbocycles. The second kappa shape index (κ2) is 8.95. The van der Waals surface area contributed by atoms with Crippen LogP contribution in [0.4, 0.5) is 0 Å². The topological polar surface area (TPSA) is 95.1 Å². The van der Waals surface area contributed by atoms with Gasteiger partial charge in [0.15, 0.2) is 5.82 Å². The number of nitrogens with zero attached hydrogens (tertiary/aromatic N) is 3. The van der Waals surface area contributed by atoms with Crippen molar-refractivity contribution in [2.45, 2.75) is 11.7 Å². The Labute approximate surface area is 186 Å². The molecule has 0 aliphatic heterocycles. The number of para-hydroxylation sites is 1. The van der Waals surface area contributed by atoms with Crippen LogP contribution in [0.1, 0.15) is 5.56 Å². The van der Waals surface area contributed by atoms with E-state index in [-0.39, 0.29) is 11.7 Å². The van der Waals surface area contributed by atoms with Crippen LogP contribution in [0.15, 0.2) is 53.7 Å². The number of hydrogen-bond donors (Lipinski definition) is 2. The largest absolute Gasteiger partial charge is 0.496 e. The van der Waals surface area contributed by atoms with Gasteiger partial charge in [-0.3, -0.25) is 4.79 Å². The van der Waals surface area contributed by atoms with Gasteiger partial charge in [-0.15, -0.1) is 21.5 Å². The number of rotatable bonds is 7. The molecule has 0 unspecified atom stereocenters. The number of halogens is 1. The number of ether oxygens (including phenoxy) is 1. The van der Waals surface area contributed by atoms with E-state index in [1.807, 2.05) is 48.5 Å². The predicted molar refractivity (Wildman–Crippen MR) is 122 cm³/mol. The highest BCUT2D eigenvalue weighted by Crippen LogP contribution is 2.41. The van der Waals surface area contributed by atoms with Crippen molar-refractivity contribution >= 4 is 50.7 Å². The van der Waals surface area contributed by atoms with Crippen molar-refractivity contribution in [1.82, 2.24) is 20.2 Å². The molecule has 0 fully saturated rings. The maximum absolute atomic E-state index is 12.3. The van der Waals surface area contributed by atoms with E-state index in [4.69, 9.17) is 22.2 Å². The summed E-state index contributed by atoms with van der Waals surface area (Å²) in [7, 11) is 1.60. The SMILES string of the molecule is COc1ccccc1CNC(=O)CSc1nnc(-c2sc3ccccc3c2Cl)n1N. The normalized spacial score (nSPS) is 11.0. The van der Waals surface area contributed by atoms with Crippen molar-refractivity contribution in [1.29, 1.82) is 0 Å². The van der Waals surface area contributed by atoms with Gasteiger partial charge in [0.25, 0.3) is 0 Å². The molecular weight excluding hydrogens is 442 g/mol. The molecule has 3 N–H and O–H groups in total. The molecule has 10 heteroatoms. The summed E-state index contributed by atoms with van der Waals surface area (Å²) in [5.41, 5.74) is 0.905. The number of nitrogen functional groups attached to an aromatic ring is 1. The molecular formula is C20H18ClN5O2S2. The molecule has 2 heterocycles. The average Bonchev–Trinajstić information content (AvgIpc) is 3.30. The summed E-state index contributed by atoms with van der Waals surface area (Å²) in [4.78, 5) is 13.0. The van der Waals surface area contributed by atoms with E-state index in [1.165, 1.54) is 27.8 Å². The highest BCUT2D eigenvalue weighted by molar-refractivity contribution is 7.99. The van der Waals surface area contributed by atoms with Gasteiger partial charge in [-0.25, -0.2) is 4.68 Å². The van der Waals surface area contributed by atoms with Gasteiger partial charge in [0.1, 0.15) is 5.75 Å². The monoisotopic (exact) mass is 459 g/mol. The first-order valence-electron chi connectivity index (χ1n) is 8.97. The molecule has 0 aliphatic rings. The predicted octanol–water partition coefficient (Wildman–Crippen LogP) is 3.94. The summed E-state index contributed by atoms with van der Waals surface area (Å²) in [6.45, 7) is 0.376.